The minimum atomic E-state index is -0.703. The van der Waals surface area contributed by atoms with Crippen LogP contribution in [0, 0.1) is 0 Å². The van der Waals surface area contributed by atoms with Crippen molar-refractivity contribution in [2.24, 2.45) is 0 Å². The maximum atomic E-state index is 13.9. The number of morpholine rings is 2. The van der Waals surface area contributed by atoms with E-state index in [9.17, 15) is 4.39 Å². The Hall–Kier alpha value is -2.85. The molecule has 2 atom stereocenters. The zero-order valence-corrected chi connectivity index (χ0v) is 17.2. The molecule has 0 spiro atoms. The summed E-state index contributed by atoms with van der Waals surface area (Å²) in [7, 11) is 0. The van der Waals surface area contributed by atoms with Crippen LogP contribution in [-0.4, -0.2) is 76.1 Å². The first kappa shape index (κ1) is 18.9. The Morgan fingerprint density at radius 3 is 2.35 bits per heavy atom. The molecule has 1 aromatic carbocycles. The largest absolute Gasteiger partial charge is 0.378 e. The lowest BCUT2D eigenvalue weighted by atomic mass is 10.2. The van der Waals surface area contributed by atoms with E-state index in [4.69, 9.17) is 24.4 Å². The molecule has 0 radical (unpaired) electrons. The van der Waals surface area contributed by atoms with Crippen molar-refractivity contribution in [1.82, 2.24) is 24.5 Å². The van der Waals surface area contributed by atoms with Crippen LogP contribution in [0.3, 0.4) is 0 Å². The summed E-state index contributed by atoms with van der Waals surface area (Å²) in [4.78, 5) is 23.3. The first-order valence-electron chi connectivity index (χ1n) is 10.8. The van der Waals surface area contributed by atoms with Crippen LogP contribution < -0.4 is 9.80 Å². The van der Waals surface area contributed by atoms with Crippen molar-refractivity contribution in [2.75, 3.05) is 49.3 Å². The number of imidazole rings is 1. The van der Waals surface area contributed by atoms with E-state index in [0.29, 0.717) is 57.4 Å². The fourth-order valence-corrected chi connectivity index (χ4v) is 4.81. The number of alkyl halides is 1. The van der Waals surface area contributed by atoms with Gasteiger partial charge in [-0.15, -0.1) is 0 Å². The molecule has 3 saturated heterocycles. The van der Waals surface area contributed by atoms with Gasteiger partial charge in [0.2, 0.25) is 17.8 Å². The van der Waals surface area contributed by atoms with E-state index in [0.717, 1.165) is 23.9 Å². The molecular weight excluding hydrogens is 401 g/mol. The van der Waals surface area contributed by atoms with E-state index >= 15 is 0 Å². The van der Waals surface area contributed by atoms with Crippen molar-refractivity contribution < 1.29 is 13.9 Å². The van der Waals surface area contributed by atoms with Crippen molar-refractivity contribution in [3.63, 3.8) is 0 Å². The number of anilines is 2. The van der Waals surface area contributed by atoms with Crippen molar-refractivity contribution >= 4 is 22.9 Å². The van der Waals surface area contributed by atoms with E-state index in [1.807, 2.05) is 24.3 Å². The predicted molar refractivity (Wildman–Crippen MR) is 112 cm³/mol. The zero-order valence-electron chi connectivity index (χ0n) is 17.2. The number of para-hydroxylation sites is 2. The van der Waals surface area contributed by atoms with Crippen LogP contribution in [0.1, 0.15) is 18.7 Å². The average molecular weight is 425 g/mol. The molecule has 9 nitrogen and oxygen atoms in total. The van der Waals surface area contributed by atoms with Gasteiger partial charge < -0.3 is 19.3 Å². The van der Waals surface area contributed by atoms with Crippen LogP contribution in [-0.2, 0) is 16.1 Å². The molecule has 10 heteroatoms. The van der Waals surface area contributed by atoms with Gasteiger partial charge in [-0.25, -0.2) is 9.37 Å². The lowest BCUT2D eigenvalue weighted by Gasteiger charge is -2.35. The highest BCUT2D eigenvalue weighted by molar-refractivity contribution is 5.77. The van der Waals surface area contributed by atoms with E-state index in [1.54, 1.807) is 4.57 Å². The lowest BCUT2D eigenvalue weighted by molar-refractivity contribution is 0.0897. The van der Waals surface area contributed by atoms with E-state index in [2.05, 4.69) is 14.8 Å². The second-order valence-electron chi connectivity index (χ2n) is 8.15. The van der Waals surface area contributed by atoms with Crippen molar-refractivity contribution in [2.45, 2.75) is 31.6 Å². The fourth-order valence-electron chi connectivity index (χ4n) is 4.81. The highest BCUT2D eigenvalue weighted by Gasteiger charge is 2.39. The number of fused-ring (bicyclic) bond motifs is 3. The van der Waals surface area contributed by atoms with Gasteiger partial charge in [0.15, 0.2) is 0 Å². The molecule has 0 amide bonds. The second-order valence-corrected chi connectivity index (χ2v) is 8.15. The summed E-state index contributed by atoms with van der Waals surface area (Å²) in [6.07, 6.45) is 2.12. The van der Waals surface area contributed by atoms with Crippen LogP contribution in [0.2, 0.25) is 0 Å². The van der Waals surface area contributed by atoms with Crippen LogP contribution >= 0.6 is 0 Å². The Labute approximate surface area is 178 Å². The number of ether oxygens (including phenoxy) is 2. The third-order valence-electron chi connectivity index (χ3n) is 6.32. The fraction of sp³-hybridized carbons (Fsp3) is 0.524. The first-order chi connectivity index (χ1) is 15.3. The highest BCUT2D eigenvalue weighted by Crippen LogP contribution is 2.33. The molecular formula is C21H24FN7O2. The Morgan fingerprint density at radius 1 is 0.871 bits per heavy atom. The molecule has 3 aromatic rings. The van der Waals surface area contributed by atoms with Crippen molar-refractivity contribution in [3.05, 3.63) is 30.1 Å². The number of rotatable bonds is 4. The Balaban J connectivity index is 1.52. The summed E-state index contributed by atoms with van der Waals surface area (Å²) in [5.41, 5.74) is 1.50. The molecule has 3 aliphatic rings. The summed E-state index contributed by atoms with van der Waals surface area (Å²) in [6.45, 7) is 3.32. The molecule has 6 rings (SSSR count). The third kappa shape index (κ3) is 3.21. The topological polar surface area (TPSA) is 81.4 Å². The number of halogens is 1. The number of benzene rings is 1. The molecule has 162 valence electrons. The van der Waals surface area contributed by atoms with Gasteiger partial charge in [-0.05, 0) is 25.0 Å². The summed E-state index contributed by atoms with van der Waals surface area (Å²) in [6, 6.07) is 8.11. The maximum absolute atomic E-state index is 13.9. The molecule has 31 heavy (non-hydrogen) atoms. The van der Waals surface area contributed by atoms with Gasteiger partial charge in [-0.3, -0.25) is 4.57 Å². The number of hydrogen-bond donors (Lipinski definition) is 0. The minimum Gasteiger partial charge on any atom is -0.378 e. The van der Waals surface area contributed by atoms with E-state index in [1.165, 1.54) is 0 Å². The molecule has 2 bridgehead atoms. The van der Waals surface area contributed by atoms with Gasteiger partial charge in [-0.1, -0.05) is 12.1 Å². The SMILES string of the molecule is FCc1nc2ccccc2n1-c1nc(N2CCOCC2)nc(N2C3CCC2COC3)n1. The van der Waals surface area contributed by atoms with Gasteiger partial charge >= 0.3 is 0 Å². The first-order valence-corrected chi connectivity index (χ1v) is 10.8. The van der Waals surface area contributed by atoms with Gasteiger partial charge in [-0.2, -0.15) is 15.0 Å². The summed E-state index contributed by atoms with van der Waals surface area (Å²) in [5, 5.41) is 0. The van der Waals surface area contributed by atoms with Crippen molar-refractivity contribution in [1.29, 1.82) is 0 Å². The molecule has 0 saturated carbocycles. The van der Waals surface area contributed by atoms with Gasteiger partial charge in [0.05, 0.1) is 49.5 Å². The number of aromatic nitrogens is 5. The van der Waals surface area contributed by atoms with E-state index in [-0.39, 0.29) is 17.9 Å². The molecule has 5 heterocycles. The lowest BCUT2D eigenvalue weighted by Crippen LogP contribution is -2.47. The Morgan fingerprint density at radius 2 is 1.58 bits per heavy atom. The summed E-state index contributed by atoms with van der Waals surface area (Å²) in [5.74, 6) is 1.91. The highest BCUT2D eigenvalue weighted by atomic mass is 19.1. The standard InChI is InChI=1S/C21H24FN7O2/c22-11-18-23-16-3-1-2-4-17(16)29(18)21-25-19(27-7-9-30-10-8-27)24-20(26-21)28-14-5-6-15(28)13-31-12-14/h1-4,14-15H,5-13H2. The Bertz CT molecular complexity index is 1080. The molecule has 3 fully saturated rings. The molecule has 2 unspecified atom stereocenters. The van der Waals surface area contributed by atoms with Gasteiger partial charge in [0.25, 0.3) is 0 Å². The minimum absolute atomic E-state index is 0.256. The van der Waals surface area contributed by atoms with Crippen LogP contribution in [0.4, 0.5) is 16.3 Å². The quantitative estimate of drug-likeness (QED) is 0.627. The van der Waals surface area contributed by atoms with E-state index < -0.39 is 6.67 Å². The van der Waals surface area contributed by atoms with Crippen LogP contribution in [0.25, 0.3) is 17.0 Å². The second kappa shape index (κ2) is 7.69. The number of nitrogens with zero attached hydrogens (tertiary/aromatic N) is 7. The van der Waals surface area contributed by atoms with Crippen LogP contribution in [0.5, 0.6) is 0 Å². The zero-order chi connectivity index (χ0) is 20.8. The third-order valence-corrected chi connectivity index (χ3v) is 6.32. The average Bonchev–Trinajstić information content (AvgIpc) is 3.33. The van der Waals surface area contributed by atoms with Gasteiger partial charge in [0.1, 0.15) is 12.5 Å². The molecule has 2 aromatic heterocycles. The summed E-state index contributed by atoms with van der Waals surface area (Å²) >= 11 is 0. The smallest absolute Gasteiger partial charge is 0.242 e. The van der Waals surface area contributed by atoms with Crippen LogP contribution in [0.15, 0.2) is 24.3 Å². The maximum Gasteiger partial charge on any atom is 0.242 e. The normalized spacial score (nSPS) is 23.6. The molecule has 0 N–H and O–H groups in total. The molecule has 0 aliphatic carbocycles. The Kier molecular flexibility index (Phi) is 4.68. The molecule has 3 aliphatic heterocycles. The number of hydrogen-bond acceptors (Lipinski definition) is 8. The predicted octanol–water partition coefficient (Wildman–Crippen LogP) is 1.88. The summed E-state index contributed by atoms with van der Waals surface area (Å²) < 4.78 is 26.9. The monoisotopic (exact) mass is 425 g/mol. The van der Waals surface area contributed by atoms with Gasteiger partial charge in [0, 0.05) is 13.1 Å². The van der Waals surface area contributed by atoms with Crippen molar-refractivity contribution in [3.8, 4) is 5.95 Å².